The van der Waals surface area contributed by atoms with E-state index in [1.807, 2.05) is 17.0 Å². The summed E-state index contributed by atoms with van der Waals surface area (Å²) >= 11 is 0. The van der Waals surface area contributed by atoms with Crippen molar-refractivity contribution >= 4 is 23.2 Å². The molecule has 2 saturated carbocycles. The predicted molar refractivity (Wildman–Crippen MR) is 104 cm³/mol. The van der Waals surface area contributed by atoms with Gasteiger partial charge in [0.15, 0.2) is 0 Å². The maximum atomic E-state index is 12.8. The van der Waals surface area contributed by atoms with Gasteiger partial charge in [0, 0.05) is 30.3 Å². The van der Waals surface area contributed by atoms with Crippen molar-refractivity contribution in [1.29, 1.82) is 0 Å². The van der Waals surface area contributed by atoms with Gasteiger partial charge in [-0.05, 0) is 55.7 Å². The first-order chi connectivity index (χ1) is 12.7. The van der Waals surface area contributed by atoms with Crippen LogP contribution in [0.15, 0.2) is 18.2 Å². The van der Waals surface area contributed by atoms with Crippen molar-refractivity contribution in [3.63, 3.8) is 0 Å². The molecule has 1 N–H and O–H groups in total. The third kappa shape index (κ3) is 3.79. The predicted octanol–water partition coefficient (Wildman–Crippen LogP) is 4.67. The van der Waals surface area contributed by atoms with E-state index in [1.165, 1.54) is 50.5 Å². The van der Waals surface area contributed by atoms with E-state index in [0.717, 1.165) is 37.2 Å². The summed E-state index contributed by atoms with van der Waals surface area (Å²) in [7, 11) is 0. The maximum Gasteiger partial charge on any atom is 0.230 e. The van der Waals surface area contributed by atoms with E-state index >= 15 is 0 Å². The molecule has 0 atom stereocenters. The Kier molecular flexibility index (Phi) is 5.28. The Labute approximate surface area is 156 Å². The molecule has 0 unspecified atom stereocenters. The fourth-order valence-corrected chi connectivity index (χ4v) is 4.94. The third-order valence-electron chi connectivity index (χ3n) is 6.43. The Morgan fingerprint density at radius 2 is 1.73 bits per heavy atom. The quantitative estimate of drug-likeness (QED) is 0.854. The Morgan fingerprint density at radius 1 is 1.00 bits per heavy atom. The second-order valence-corrected chi connectivity index (χ2v) is 8.32. The van der Waals surface area contributed by atoms with E-state index in [2.05, 4.69) is 11.4 Å². The largest absolute Gasteiger partial charge is 0.326 e. The van der Waals surface area contributed by atoms with E-state index in [1.54, 1.807) is 0 Å². The molecule has 1 aromatic carbocycles. The molecule has 26 heavy (non-hydrogen) atoms. The average Bonchev–Trinajstić information content (AvgIpc) is 3.32. The Balaban J connectivity index is 1.41. The van der Waals surface area contributed by atoms with Gasteiger partial charge in [0.05, 0.1) is 0 Å². The molecule has 0 radical (unpaired) electrons. The van der Waals surface area contributed by atoms with Crippen LogP contribution in [0.4, 0.5) is 11.4 Å². The Bertz CT molecular complexity index is 673. The summed E-state index contributed by atoms with van der Waals surface area (Å²) in [6.07, 6.45) is 12.2. The standard InChI is InChI=1S/C22H30N2O2/c25-21(14-16-6-2-1-3-7-16)23-19-11-10-17-12-13-24(20(17)15-19)22(26)18-8-4-5-9-18/h10-11,15-16,18H,1-9,12-14H2,(H,23,25). The first-order valence-electron chi connectivity index (χ1n) is 10.4. The van der Waals surface area contributed by atoms with Gasteiger partial charge in [0.2, 0.25) is 11.8 Å². The molecule has 2 amide bonds. The number of carbonyl (C=O) groups is 2. The summed E-state index contributed by atoms with van der Waals surface area (Å²) in [5.41, 5.74) is 3.06. The van der Waals surface area contributed by atoms with Crippen LogP contribution in [0.1, 0.15) is 69.8 Å². The molecule has 4 nitrogen and oxygen atoms in total. The normalized spacial score (nSPS) is 21.0. The molecule has 1 aromatic rings. The number of anilines is 2. The molecule has 0 bridgehead atoms. The number of carbonyl (C=O) groups excluding carboxylic acids is 2. The van der Waals surface area contributed by atoms with Gasteiger partial charge in [-0.3, -0.25) is 9.59 Å². The summed E-state index contributed by atoms with van der Waals surface area (Å²) in [5, 5.41) is 3.07. The number of rotatable bonds is 4. The van der Waals surface area contributed by atoms with Crippen molar-refractivity contribution in [2.24, 2.45) is 11.8 Å². The van der Waals surface area contributed by atoms with E-state index in [4.69, 9.17) is 0 Å². The molecule has 1 heterocycles. The zero-order chi connectivity index (χ0) is 17.9. The number of fused-ring (bicyclic) bond motifs is 1. The molecule has 2 fully saturated rings. The molecule has 4 heteroatoms. The Hall–Kier alpha value is -1.84. The van der Waals surface area contributed by atoms with Crippen molar-refractivity contribution in [1.82, 2.24) is 0 Å². The van der Waals surface area contributed by atoms with Crippen LogP contribution in [0.25, 0.3) is 0 Å². The monoisotopic (exact) mass is 354 g/mol. The SMILES string of the molecule is O=C(CC1CCCCC1)Nc1ccc2c(c1)N(C(=O)C1CCCC1)CC2. The number of nitrogens with zero attached hydrogens (tertiary/aromatic N) is 1. The van der Waals surface area contributed by atoms with E-state index in [-0.39, 0.29) is 17.7 Å². The lowest BCUT2D eigenvalue weighted by molar-refractivity contribution is -0.122. The average molecular weight is 354 g/mol. The van der Waals surface area contributed by atoms with Gasteiger partial charge in [0.1, 0.15) is 0 Å². The third-order valence-corrected chi connectivity index (χ3v) is 6.43. The van der Waals surface area contributed by atoms with Crippen LogP contribution in [-0.4, -0.2) is 18.4 Å². The lowest BCUT2D eigenvalue weighted by Gasteiger charge is -2.22. The fourth-order valence-electron chi connectivity index (χ4n) is 4.94. The fraction of sp³-hybridized carbons (Fsp3) is 0.636. The second kappa shape index (κ2) is 7.81. The first kappa shape index (κ1) is 17.6. The number of amides is 2. The van der Waals surface area contributed by atoms with Crippen molar-refractivity contribution in [3.8, 4) is 0 Å². The summed E-state index contributed by atoms with van der Waals surface area (Å²) in [5.74, 6) is 1.14. The summed E-state index contributed by atoms with van der Waals surface area (Å²) < 4.78 is 0. The highest BCUT2D eigenvalue weighted by molar-refractivity contribution is 5.98. The smallest absolute Gasteiger partial charge is 0.230 e. The van der Waals surface area contributed by atoms with Gasteiger partial charge in [-0.15, -0.1) is 0 Å². The van der Waals surface area contributed by atoms with Crippen molar-refractivity contribution < 1.29 is 9.59 Å². The minimum atomic E-state index is 0.114. The molecule has 0 saturated heterocycles. The second-order valence-electron chi connectivity index (χ2n) is 8.32. The van der Waals surface area contributed by atoms with Crippen molar-refractivity contribution in [2.75, 3.05) is 16.8 Å². The zero-order valence-corrected chi connectivity index (χ0v) is 15.6. The first-order valence-corrected chi connectivity index (χ1v) is 10.4. The van der Waals surface area contributed by atoms with Crippen LogP contribution in [-0.2, 0) is 16.0 Å². The van der Waals surface area contributed by atoms with E-state index < -0.39 is 0 Å². The topological polar surface area (TPSA) is 49.4 Å². The van der Waals surface area contributed by atoms with Crippen LogP contribution < -0.4 is 10.2 Å². The number of nitrogens with one attached hydrogen (secondary N) is 1. The minimum Gasteiger partial charge on any atom is -0.326 e. The summed E-state index contributed by atoms with van der Waals surface area (Å²) in [6.45, 7) is 0.782. The highest BCUT2D eigenvalue weighted by atomic mass is 16.2. The van der Waals surface area contributed by atoms with Crippen LogP contribution >= 0.6 is 0 Å². The molecule has 2 aliphatic carbocycles. The lowest BCUT2D eigenvalue weighted by Crippen LogP contribution is -2.33. The van der Waals surface area contributed by atoms with E-state index in [9.17, 15) is 9.59 Å². The lowest BCUT2D eigenvalue weighted by atomic mass is 9.87. The molecule has 1 aliphatic heterocycles. The van der Waals surface area contributed by atoms with Crippen molar-refractivity contribution in [3.05, 3.63) is 23.8 Å². The maximum absolute atomic E-state index is 12.8. The number of hydrogen-bond acceptors (Lipinski definition) is 2. The molecule has 140 valence electrons. The molecule has 4 rings (SSSR count). The zero-order valence-electron chi connectivity index (χ0n) is 15.6. The van der Waals surface area contributed by atoms with Gasteiger partial charge in [0.25, 0.3) is 0 Å². The summed E-state index contributed by atoms with van der Waals surface area (Å²) in [6, 6.07) is 6.07. The van der Waals surface area contributed by atoms with E-state index in [0.29, 0.717) is 12.3 Å². The van der Waals surface area contributed by atoms with Gasteiger partial charge in [-0.25, -0.2) is 0 Å². The van der Waals surface area contributed by atoms with Crippen LogP contribution in [0.5, 0.6) is 0 Å². The number of benzene rings is 1. The molecular weight excluding hydrogens is 324 g/mol. The highest BCUT2D eigenvalue weighted by Crippen LogP contribution is 2.35. The van der Waals surface area contributed by atoms with Crippen LogP contribution in [0.2, 0.25) is 0 Å². The molecular formula is C22H30N2O2. The van der Waals surface area contributed by atoms with Crippen LogP contribution in [0.3, 0.4) is 0 Å². The summed E-state index contributed by atoms with van der Waals surface area (Å²) in [4.78, 5) is 27.2. The minimum absolute atomic E-state index is 0.114. The van der Waals surface area contributed by atoms with Crippen LogP contribution in [0, 0.1) is 11.8 Å². The van der Waals surface area contributed by atoms with Gasteiger partial charge in [-0.2, -0.15) is 0 Å². The number of hydrogen-bond donors (Lipinski definition) is 1. The van der Waals surface area contributed by atoms with Gasteiger partial charge >= 0.3 is 0 Å². The highest BCUT2D eigenvalue weighted by Gasteiger charge is 2.32. The van der Waals surface area contributed by atoms with Gasteiger partial charge in [-0.1, -0.05) is 38.2 Å². The van der Waals surface area contributed by atoms with Crippen molar-refractivity contribution in [2.45, 2.75) is 70.6 Å². The molecule has 0 spiro atoms. The molecule has 0 aromatic heterocycles. The Morgan fingerprint density at radius 3 is 2.50 bits per heavy atom. The van der Waals surface area contributed by atoms with Gasteiger partial charge < -0.3 is 10.2 Å². The molecule has 3 aliphatic rings.